The van der Waals surface area contributed by atoms with Crippen LogP contribution < -0.4 is 10.9 Å². The lowest BCUT2D eigenvalue weighted by atomic mass is 9.76. The molecule has 6 heteroatoms. The number of halogens is 1. The fourth-order valence-corrected chi connectivity index (χ4v) is 7.54. The highest BCUT2D eigenvalue weighted by atomic mass is 35.5. The van der Waals surface area contributed by atoms with E-state index in [4.69, 9.17) is 16.6 Å². The first-order chi connectivity index (χ1) is 18.1. The van der Waals surface area contributed by atoms with E-state index in [0.29, 0.717) is 16.3 Å². The third kappa shape index (κ3) is 4.22. The molecule has 1 aromatic heterocycles. The molecule has 202 valence electrons. The van der Waals surface area contributed by atoms with Gasteiger partial charge in [0.05, 0.1) is 27.0 Å². The Morgan fingerprint density at radius 1 is 1.05 bits per heavy atom. The molecule has 0 aliphatic carbocycles. The molecule has 0 amide bonds. The second-order valence-electron chi connectivity index (χ2n) is 13.3. The lowest BCUT2D eigenvalue weighted by molar-refractivity contribution is 0.167. The lowest BCUT2D eigenvalue weighted by Crippen LogP contribution is -2.40. The van der Waals surface area contributed by atoms with E-state index < -0.39 is 0 Å². The Labute approximate surface area is 231 Å². The molecule has 3 aliphatic heterocycles. The maximum atomic E-state index is 13.4. The molecule has 0 spiro atoms. The molecule has 6 rings (SSSR count). The van der Waals surface area contributed by atoms with Crippen LogP contribution in [0.3, 0.4) is 0 Å². The van der Waals surface area contributed by atoms with Gasteiger partial charge < -0.3 is 10.2 Å². The molecule has 3 aromatic rings. The summed E-state index contributed by atoms with van der Waals surface area (Å²) >= 11 is 6.66. The number of benzene rings is 2. The molecule has 0 unspecified atom stereocenters. The topological polar surface area (TPSA) is 50.2 Å². The van der Waals surface area contributed by atoms with Crippen LogP contribution in [0.1, 0.15) is 88.7 Å². The van der Waals surface area contributed by atoms with E-state index in [9.17, 15) is 4.79 Å². The molecule has 4 heterocycles. The maximum Gasteiger partial charge on any atom is 0.282 e. The average molecular weight is 533 g/mol. The van der Waals surface area contributed by atoms with Crippen LogP contribution in [0.4, 0.5) is 0 Å². The molecule has 2 aromatic carbocycles. The van der Waals surface area contributed by atoms with E-state index >= 15 is 0 Å². The van der Waals surface area contributed by atoms with Crippen LogP contribution in [0.25, 0.3) is 16.6 Å². The van der Waals surface area contributed by atoms with Crippen LogP contribution in [0.15, 0.2) is 35.1 Å². The fourth-order valence-electron chi connectivity index (χ4n) is 7.30. The SMILES string of the molecule is CC(C)(C)c1ccc(Cl)c2c(=O)nc3n(c12)-c1cccc(C2CCN(CC4CCNCC4)CC2)c1C3(C)C. The summed E-state index contributed by atoms with van der Waals surface area (Å²) in [5.74, 6) is 2.18. The van der Waals surface area contributed by atoms with Crippen molar-refractivity contribution in [3.05, 3.63) is 68.2 Å². The summed E-state index contributed by atoms with van der Waals surface area (Å²) in [5.41, 5.74) is 5.21. The van der Waals surface area contributed by atoms with Crippen LogP contribution in [0.2, 0.25) is 5.02 Å². The molecule has 0 saturated carbocycles. The van der Waals surface area contributed by atoms with Gasteiger partial charge in [0.15, 0.2) is 0 Å². The number of fused-ring (bicyclic) bond motifs is 5. The predicted octanol–water partition coefficient (Wildman–Crippen LogP) is 6.15. The second kappa shape index (κ2) is 9.46. The first kappa shape index (κ1) is 26.0. The number of hydrogen-bond acceptors (Lipinski definition) is 4. The van der Waals surface area contributed by atoms with E-state index in [2.05, 4.69) is 73.7 Å². The van der Waals surface area contributed by atoms with Crippen molar-refractivity contribution in [2.75, 3.05) is 32.7 Å². The average Bonchev–Trinajstić information content (AvgIpc) is 3.11. The minimum atomic E-state index is -0.372. The van der Waals surface area contributed by atoms with Gasteiger partial charge in [-0.05, 0) is 112 Å². The van der Waals surface area contributed by atoms with Crippen molar-refractivity contribution in [3.8, 4) is 5.69 Å². The third-order valence-electron chi connectivity index (χ3n) is 9.29. The van der Waals surface area contributed by atoms with Crippen LogP contribution in [0.5, 0.6) is 0 Å². The normalized spacial score (nSPS) is 20.6. The van der Waals surface area contributed by atoms with Gasteiger partial charge in [0.25, 0.3) is 5.56 Å². The quantitative estimate of drug-likeness (QED) is 0.439. The number of rotatable bonds is 3. The number of aromatic nitrogens is 2. The van der Waals surface area contributed by atoms with E-state index in [1.54, 1.807) is 0 Å². The molecule has 1 N–H and O–H groups in total. The van der Waals surface area contributed by atoms with E-state index in [0.717, 1.165) is 41.6 Å². The molecule has 5 nitrogen and oxygen atoms in total. The molecular formula is C32H41ClN4O. The van der Waals surface area contributed by atoms with Gasteiger partial charge in [-0.25, -0.2) is 0 Å². The maximum absolute atomic E-state index is 13.4. The smallest absolute Gasteiger partial charge is 0.282 e. The van der Waals surface area contributed by atoms with Crippen molar-refractivity contribution in [2.45, 2.75) is 77.0 Å². The number of likely N-dealkylation sites (tertiary alicyclic amines) is 1. The summed E-state index contributed by atoms with van der Waals surface area (Å²) in [4.78, 5) is 20.8. The van der Waals surface area contributed by atoms with Gasteiger partial charge in [-0.15, -0.1) is 0 Å². The van der Waals surface area contributed by atoms with Crippen molar-refractivity contribution in [1.29, 1.82) is 0 Å². The number of nitrogens with one attached hydrogen (secondary N) is 1. The summed E-state index contributed by atoms with van der Waals surface area (Å²) in [6.07, 6.45) is 4.97. The van der Waals surface area contributed by atoms with Gasteiger partial charge in [0.1, 0.15) is 5.82 Å². The highest BCUT2D eigenvalue weighted by Crippen LogP contribution is 2.49. The van der Waals surface area contributed by atoms with Gasteiger partial charge >= 0.3 is 0 Å². The molecule has 3 aliphatic rings. The van der Waals surface area contributed by atoms with E-state index in [1.165, 1.54) is 56.4 Å². The highest BCUT2D eigenvalue weighted by Gasteiger charge is 2.42. The molecule has 0 bridgehead atoms. The Morgan fingerprint density at radius 3 is 2.45 bits per heavy atom. The summed E-state index contributed by atoms with van der Waals surface area (Å²) in [6.45, 7) is 17.0. The highest BCUT2D eigenvalue weighted by molar-refractivity contribution is 6.35. The van der Waals surface area contributed by atoms with Gasteiger partial charge in [0, 0.05) is 6.54 Å². The molecule has 2 fully saturated rings. The predicted molar refractivity (Wildman–Crippen MR) is 157 cm³/mol. The van der Waals surface area contributed by atoms with Gasteiger partial charge in [-0.3, -0.25) is 9.36 Å². The van der Waals surface area contributed by atoms with Gasteiger partial charge in [-0.1, -0.05) is 50.6 Å². The lowest BCUT2D eigenvalue weighted by Gasteiger charge is -2.36. The molecule has 0 atom stereocenters. The second-order valence-corrected chi connectivity index (χ2v) is 13.7. The molecule has 2 saturated heterocycles. The zero-order valence-electron chi connectivity index (χ0n) is 23.5. The Bertz CT molecular complexity index is 1440. The Morgan fingerprint density at radius 2 is 1.76 bits per heavy atom. The standard InChI is InChI=1S/C32H41ClN4O/c1-31(2,3)23-9-10-24(33)26-28(23)37-25-8-6-7-22(27(25)32(4,5)30(37)35-29(26)38)21-13-17-36(18-14-21)19-20-11-15-34-16-12-20/h6-10,20-21,34H,11-19H2,1-5H3. The monoisotopic (exact) mass is 532 g/mol. The summed E-state index contributed by atoms with van der Waals surface area (Å²) in [5, 5.41) is 4.50. The number of hydrogen-bond donors (Lipinski definition) is 1. The first-order valence-corrected chi connectivity index (χ1v) is 14.8. The van der Waals surface area contributed by atoms with E-state index in [1.807, 2.05) is 6.07 Å². The summed E-state index contributed by atoms with van der Waals surface area (Å²) in [7, 11) is 0. The summed E-state index contributed by atoms with van der Waals surface area (Å²) in [6, 6.07) is 10.7. The molecule has 38 heavy (non-hydrogen) atoms. The summed E-state index contributed by atoms with van der Waals surface area (Å²) < 4.78 is 2.26. The van der Waals surface area contributed by atoms with Crippen molar-refractivity contribution in [3.63, 3.8) is 0 Å². The Balaban J connectivity index is 1.42. The first-order valence-electron chi connectivity index (χ1n) is 14.4. The number of piperidine rings is 2. The van der Waals surface area contributed by atoms with Crippen LogP contribution in [0, 0.1) is 5.92 Å². The van der Waals surface area contributed by atoms with Crippen molar-refractivity contribution in [2.24, 2.45) is 5.92 Å². The van der Waals surface area contributed by atoms with E-state index in [-0.39, 0.29) is 16.4 Å². The fraction of sp³-hybridized carbons (Fsp3) is 0.562. The third-order valence-corrected chi connectivity index (χ3v) is 9.61. The Kier molecular flexibility index (Phi) is 6.48. The van der Waals surface area contributed by atoms with Crippen LogP contribution in [-0.2, 0) is 10.8 Å². The Hall–Kier alpha value is -2.21. The largest absolute Gasteiger partial charge is 0.317 e. The minimum absolute atomic E-state index is 0.150. The van der Waals surface area contributed by atoms with Crippen molar-refractivity contribution >= 4 is 22.5 Å². The zero-order valence-corrected chi connectivity index (χ0v) is 24.3. The minimum Gasteiger partial charge on any atom is -0.317 e. The van der Waals surface area contributed by atoms with Gasteiger partial charge in [-0.2, -0.15) is 4.98 Å². The zero-order chi connectivity index (χ0) is 26.8. The van der Waals surface area contributed by atoms with Crippen molar-refractivity contribution < 1.29 is 0 Å². The molecular weight excluding hydrogens is 492 g/mol. The number of nitrogens with zero attached hydrogens (tertiary/aromatic N) is 3. The van der Waals surface area contributed by atoms with Gasteiger partial charge in [0.2, 0.25) is 0 Å². The van der Waals surface area contributed by atoms with Crippen LogP contribution >= 0.6 is 11.6 Å². The van der Waals surface area contributed by atoms with Crippen molar-refractivity contribution in [1.82, 2.24) is 19.8 Å². The van der Waals surface area contributed by atoms with Crippen LogP contribution in [-0.4, -0.2) is 47.2 Å². The molecule has 0 radical (unpaired) electrons.